The Balaban J connectivity index is 2.00. The highest BCUT2D eigenvalue weighted by atomic mass is 32.2. The predicted octanol–water partition coefficient (Wildman–Crippen LogP) is 0.944. The summed E-state index contributed by atoms with van der Waals surface area (Å²) in [6.45, 7) is 4.38. The van der Waals surface area contributed by atoms with Crippen LogP contribution in [0.4, 0.5) is 0 Å². The maximum atomic E-state index is 12.4. The van der Waals surface area contributed by atoms with Gasteiger partial charge in [-0.1, -0.05) is 19.8 Å². The Morgan fingerprint density at radius 2 is 1.95 bits per heavy atom. The van der Waals surface area contributed by atoms with Crippen LogP contribution < -0.4 is 5.32 Å². The molecule has 0 bridgehead atoms. The van der Waals surface area contributed by atoms with Crippen molar-refractivity contribution in [3.8, 4) is 0 Å². The van der Waals surface area contributed by atoms with E-state index in [4.69, 9.17) is 0 Å². The molecule has 0 aromatic rings. The maximum absolute atomic E-state index is 12.4. The van der Waals surface area contributed by atoms with Crippen LogP contribution in [-0.4, -0.2) is 55.9 Å². The molecule has 2 rings (SSSR count). The van der Waals surface area contributed by atoms with Crippen LogP contribution in [0.3, 0.4) is 0 Å². The second-order valence-corrected chi connectivity index (χ2v) is 8.23. The SMILES string of the molecule is CCCN(C(=O)CS(=O)(=O)C1CCCC1)C1CCNC1. The molecule has 1 amide bonds. The van der Waals surface area contributed by atoms with E-state index in [1.165, 1.54) is 0 Å². The van der Waals surface area contributed by atoms with E-state index in [0.29, 0.717) is 6.54 Å². The Morgan fingerprint density at radius 3 is 2.50 bits per heavy atom. The van der Waals surface area contributed by atoms with Crippen LogP contribution in [-0.2, 0) is 14.6 Å². The summed E-state index contributed by atoms with van der Waals surface area (Å²) in [5.74, 6) is -0.499. The molecule has 2 aliphatic rings. The minimum absolute atomic E-state index is 0.168. The highest BCUT2D eigenvalue weighted by molar-refractivity contribution is 7.92. The topological polar surface area (TPSA) is 66.5 Å². The van der Waals surface area contributed by atoms with E-state index in [2.05, 4.69) is 5.32 Å². The summed E-state index contributed by atoms with van der Waals surface area (Å²) in [7, 11) is -3.26. The molecular weight excluding hydrogens is 276 g/mol. The third-order valence-corrected chi connectivity index (χ3v) is 6.53. The number of carbonyl (C=O) groups excluding carboxylic acids is 1. The van der Waals surface area contributed by atoms with Gasteiger partial charge in [0.2, 0.25) is 5.91 Å². The van der Waals surface area contributed by atoms with Gasteiger partial charge in [0.05, 0.1) is 5.25 Å². The molecule has 0 aromatic carbocycles. The molecule has 2 fully saturated rings. The number of carbonyl (C=O) groups is 1. The Labute approximate surface area is 122 Å². The lowest BCUT2D eigenvalue weighted by atomic mass is 10.2. The number of hydrogen-bond donors (Lipinski definition) is 1. The van der Waals surface area contributed by atoms with Gasteiger partial charge >= 0.3 is 0 Å². The summed E-state index contributed by atoms with van der Waals surface area (Å²) in [5.41, 5.74) is 0. The predicted molar refractivity (Wildman–Crippen MR) is 79.3 cm³/mol. The molecule has 1 saturated carbocycles. The van der Waals surface area contributed by atoms with Gasteiger partial charge in [-0.25, -0.2) is 8.42 Å². The molecule has 0 spiro atoms. The van der Waals surface area contributed by atoms with Crippen molar-refractivity contribution in [2.24, 2.45) is 0 Å². The number of amides is 1. The molecular formula is C14H26N2O3S. The van der Waals surface area contributed by atoms with E-state index in [-0.39, 0.29) is 23.0 Å². The van der Waals surface area contributed by atoms with Crippen LogP contribution in [0.2, 0.25) is 0 Å². The molecule has 0 aromatic heterocycles. The van der Waals surface area contributed by atoms with Crippen molar-refractivity contribution in [1.82, 2.24) is 10.2 Å². The second-order valence-electron chi connectivity index (χ2n) is 5.95. The molecule has 1 saturated heterocycles. The lowest BCUT2D eigenvalue weighted by molar-refractivity contribution is -0.130. The largest absolute Gasteiger partial charge is 0.338 e. The number of rotatable bonds is 6. The number of sulfone groups is 1. The average molecular weight is 302 g/mol. The molecule has 1 aliphatic carbocycles. The highest BCUT2D eigenvalue weighted by Crippen LogP contribution is 2.25. The van der Waals surface area contributed by atoms with Gasteiger partial charge in [-0.3, -0.25) is 4.79 Å². The zero-order valence-corrected chi connectivity index (χ0v) is 13.1. The first kappa shape index (κ1) is 15.8. The first-order chi connectivity index (χ1) is 9.54. The van der Waals surface area contributed by atoms with Gasteiger partial charge in [0, 0.05) is 19.1 Å². The van der Waals surface area contributed by atoms with E-state index < -0.39 is 9.84 Å². The van der Waals surface area contributed by atoms with Crippen LogP contribution in [0.1, 0.15) is 45.4 Å². The summed E-state index contributed by atoms with van der Waals surface area (Å²) in [4.78, 5) is 14.2. The van der Waals surface area contributed by atoms with Gasteiger partial charge in [-0.15, -0.1) is 0 Å². The number of hydrogen-bond acceptors (Lipinski definition) is 4. The normalized spacial score (nSPS) is 24.1. The summed E-state index contributed by atoms with van der Waals surface area (Å²) in [6, 6.07) is 0.168. The molecule has 20 heavy (non-hydrogen) atoms. The van der Waals surface area contributed by atoms with Gasteiger partial charge in [0.25, 0.3) is 0 Å². The molecule has 1 atom stereocenters. The lowest BCUT2D eigenvalue weighted by Crippen LogP contribution is -2.45. The Morgan fingerprint density at radius 1 is 1.25 bits per heavy atom. The molecule has 5 nitrogen and oxygen atoms in total. The zero-order chi connectivity index (χ0) is 14.6. The van der Waals surface area contributed by atoms with E-state index >= 15 is 0 Å². The summed E-state index contributed by atoms with van der Waals surface area (Å²) >= 11 is 0. The van der Waals surface area contributed by atoms with E-state index in [1.807, 2.05) is 6.92 Å². The summed E-state index contributed by atoms with van der Waals surface area (Å²) in [5, 5.41) is 2.96. The first-order valence-corrected chi connectivity index (χ1v) is 9.48. The third-order valence-electron chi connectivity index (χ3n) is 4.39. The van der Waals surface area contributed by atoms with Crippen LogP contribution in [0, 0.1) is 0 Å². The minimum Gasteiger partial charge on any atom is -0.338 e. The molecule has 116 valence electrons. The van der Waals surface area contributed by atoms with E-state index in [9.17, 15) is 13.2 Å². The Hall–Kier alpha value is -0.620. The lowest BCUT2D eigenvalue weighted by Gasteiger charge is -2.28. The van der Waals surface area contributed by atoms with Gasteiger partial charge < -0.3 is 10.2 Å². The van der Waals surface area contributed by atoms with Crippen LogP contribution in [0.15, 0.2) is 0 Å². The Bertz CT molecular complexity index is 424. The monoisotopic (exact) mass is 302 g/mol. The van der Waals surface area contributed by atoms with Crippen molar-refractivity contribution < 1.29 is 13.2 Å². The van der Waals surface area contributed by atoms with Crippen molar-refractivity contribution in [2.45, 2.75) is 56.7 Å². The van der Waals surface area contributed by atoms with Crippen molar-refractivity contribution >= 4 is 15.7 Å². The van der Waals surface area contributed by atoms with E-state index in [1.54, 1.807) is 4.90 Å². The van der Waals surface area contributed by atoms with Crippen LogP contribution >= 0.6 is 0 Å². The smallest absolute Gasteiger partial charge is 0.238 e. The average Bonchev–Trinajstić information content (AvgIpc) is 3.07. The van der Waals surface area contributed by atoms with Gasteiger partial charge in [-0.2, -0.15) is 0 Å². The third kappa shape index (κ3) is 3.73. The standard InChI is InChI=1S/C14H26N2O3S/c1-2-9-16(12-7-8-15-10-12)14(17)11-20(18,19)13-5-3-4-6-13/h12-13,15H,2-11H2,1H3. The molecule has 1 N–H and O–H groups in total. The maximum Gasteiger partial charge on any atom is 0.238 e. The second kappa shape index (κ2) is 6.89. The molecule has 1 aliphatic heterocycles. The summed E-state index contributed by atoms with van der Waals surface area (Å²) in [6.07, 6.45) is 5.20. The summed E-state index contributed by atoms with van der Waals surface area (Å²) < 4.78 is 24.6. The minimum atomic E-state index is -3.26. The zero-order valence-electron chi connectivity index (χ0n) is 12.3. The fraction of sp³-hybridized carbons (Fsp3) is 0.929. The number of nitrogens with one attached hydrogen (secondary N) is 1. The van der Waals surface area contributed by atoms with Gasteiger partial charge in [0.15, 0.2) is 9.84 Å². The Kier molecular flexibility index (Phi) is 5.43. The van der Waals surface area contributed by atoms with Crippen molar-refractivity contribution in [3.63, 3.8) is 0 Å². The fourth-order valence-electron chi connectivity index (χ4n) is 3.28. The van der Waals surface area contributed by atoms with Gasteiger partial charge in [-0.05, 0) is 32.2 Å². The fourth-order valence-corrected chi connectivity index (χ4v) is 5.07. The molecule has 0 radical (unpaired) electrons. The van der Waals surface area contributed by atoms with Crippen molar-refractivity contribution in [2.75, 3.05) is 25.4 Å². The van der Waals surface area contributed by atoms with Crippen molar-refractivity contribution in [1.29, 1.82) is 0 Å². The van der Waals surface area contributed by atoms with Crippen LogP contribution in [0.25, 0.3) is 0 Å². The highest BCUT2D eigenvalue weighted by Gasteiger charge is 2.34. The number of nitrogens with zero attached hydrogens (tertiary/aromatic N) is 1. The molecule has 1 unspecified atom stereocenters. The molecule has 6 heteroatoms. The van der Waals surface area contributed by atoms with E-state index in [0.717, 1.165) is 51.6 Å². The van der Waals surface area contributed by atoms with Crippen molar-refractivity contribution in [3.05, 3.63) is 0 Å². The molecule has 1 heterocycles. The first-order valence-electron chi connectivity index (χ1n) is 7.76. The van der Waals surface area contributed by atoms with Gasteiger partial charge in [0.1, 0.15) is 5.75 Å². The van der Waals surface area contributed by atoms with Crippen LogP contribution in [0.5, 0.6) is 0 Å². The quantitative estimate of drug-likeness (QED) is 0.793.